The standard InChI is InChI=1S/2C24H27.C2H7Si.2ClH.Zr/c2*1-4-8-24(9-10-24)16-19-14-20-6-5-7-22(23(20)15-19)21-12-17(2)11-18(3)13-21;1-3-2;;;/h2*5-7,11-15H,4,8-10,16H2,1-3H3;3H,1-2H3;2*1H;/q;;;;;+2/p-2. The first-order valence-corrected chi connectivity index (χ1v) is 37.4. The Bertz CT molecular complexity index is 2010. The molecule has 8 rings (SSSR count). The number of aryl methyl sites for hydroxylation is 4. The van der Waals surface area contributed by atoms with Gasteiger partial charge in [-0.2, -0.15) is 0 Å². The second-order valence-corrected chi connectivity index (χ2v) is 61.4. The van der Waals surface area contributed by atoms with Crippen LogP contribution >= 0.6 is 17.0 Å². The van der Waals surface area contributed by atoms with Crippen LogP contribution in [0.3, 0.4) is 0 Å². The van der Waals surface area contributed by atoms with Crippen molar-refractivity contribution in [2.75, 3.05) is 0 Å². The first-order valence-electron chi connectivity index (χ1n) is 21.1. The topological polar surface area (TPSA) is 0 Å². The maximum atomic E-state index is 9.09. The van der Waals surface area contributed by atoms with Crippen molar-refractivity contribution >= 4 is 35.1 Å². The van der Waals surface area contributed by atoms with Crippen molar-refractivity contribution in [3.63, 3.8) is 0 Å². The van der Waals surface area contributed by atoms with E-state index in [1.807, 2.05) is 0 Å². The van der Waals surface area contributed by atoms with Gasteiger partial charge >= 0.3 is 338 Å². The molecule has 0 amide bonds. The monoisotopic (exact) mass is 849 g/mol. The molecule has 2 fully saturated rings. The summed E-state index contributed by atoms with van der Waals surface area (Å²) in [7, 11) is 18.2. The molecule has 4 aliphatic rings. The molecule has 0 spiro atoms. The Balaban J connectivity index is 1.37. The molecule has 0 aromatic heterocycles. The molecule has 0 bridgehead atoms. The molecule has 4 aliphatic carbocycles. The van der Waals surface area contributed by atoms with Crippen molar-refractivity contribution in [1.29, 1.82) is 0 Å². The van der Waals surface area contributed by atoms with E-state index in [1.54, 1.807) is 11.1 Å². The van der Waals surface area contributed by atoms with Crippen molar-refractivity contribution in [2.24, 2.45) is 10.8 Å². The van der Waals surface area contributed by atoms with Crippen LogP contribution in [0.15, 0.2) is 83.9 Å². The van der Waals surface area contributed by atoms with E-state index in [0.717, 1.165) is 12.8 Å². The molecule has 0 heterocycles. The molecule has 54 heavy (non-hydrogen) atoms. The fraction of sp³-hybridized carbons (Fsp3) is 0.440. The summed E-state index contributed by atoms with van der Waals surface area (Å²) < 4.78 is 0.254. The fourth-order valence-electron chi connectivity index (χ4n) is 11.4. The molecule has 2 saturated carbocycles. The third-order valence-electron chi connectivity index (χ3n) is 14.2. The van der Waals surface area contributed by atoms with Crippen molar-refractivity contribution in [2.45, 2.75) is 126 Å². The van der Waals surface area contributed by atoms with Crippen molar-refractivity contribution in [3.8, 4) is 22.3 Å². The van der Waals surface area contributed by atoms with Crippen LogP contribution in [0.5, 0.6) is 0 Å². The van der Waals surface area contributed by atoms with Gasteiger partial charge in [0.15, 0.2) is 0 Å². The first-order chi connectivity index (χ1) is 25.7. The average molecular weight is 852 g/mol. The number of benzene rings is 4. The normalized spacial score (nSPS) is 21.3. The van der Waals surface area contributed by atoms with Crippen LogP contribution in [-0.2, 0) is 15.6 Å². The molecule has 4 aromatic carbocycles. The van der Waals surface area contributed by atoms with E-state index in [2.05, 4.69) is 140 Å². The van der Waals surface area contributed by atoms with Crippen LogP contribution in [0.25, 0.3) is 34.4 Å². The van der Waals surface area contributed by atoms with Crippen LogP contribution in [0, 0.1) is 38.5 Å². The van der Waals surface area contributed by atoms with E-state index in [0.29, 0.717) is 10.8 Å². The van der Waals surface area contributed by atoms with E-state index < -0.39 is 21.5 Å². The third-order valence-corrected chi connectivity index (χ3v) is 66.1. The summed E-state index contributed by atoms with van der Waals surface area (Å²) in [4.78, 5) is 0. The summed E-state index contributed by atoms with van der Waals surface area (Å²) >= 11 is -5.00. The predicted octanol–water partition coefficient (Wildman–Crippen LogP) is 15.8. The summed E-state index contributed by atoms with van der Waals surface area (Å²) in [6, 6.07) is 28.3. The van der Waals surface area contributed by atoms with Gasteiger partial charge in [0.25, 0.3) is 0 Å². The Morgan fingerprint density at radius 1 is 0.593 bits per heavy atom. The number of allylic oxidation sites excluding steroid dienone is 2. The molecular weight excluding hydrogens is 791 g/mol. The van der Waals surface area contributed by atoms with Crippen molar-refractivity contribution < 1.29 is 15.6 Å². The van der Waals surface area contributed by atoms with Gasteiger partial charge in [0.2, 0.25) is 0 Å². The van der Waals surface area contributed by atoms with E-state index in [1.165, 1.54) is 118 Å². The zero-order chi connectivity index (χ0) is 38.2. The molecule has 0 aliphatic heterocycles. The molecule has 4 aromatic rings. The van der Waals surface area contributed by atoms with Crippen LogP contribution in [-0.4, -0.2) is 5.92 Å². The number of fused-ring (bicyclic) bond motifs is 2. The summed E-state index contributed by atoms with van der Waals surface area (Å²) in [5.41, 5.74) is 20.2. The number of hydrogen-bond acceptors (Lipinski definition) is 0. The van der Waals surface area contributed by atoms with Gasteiger partial charge in [-0.05, 0) is 0 Å². The minimum absolute atomic E-state index is 0.127. The Kier molecular flexibility index (Phi) is 10.2. The average Bonchev–Trinajstić information content (AvgIpc) is 3.96. The van der Waals surface area contributed by atoms with Crippen LogP contribution in [0.4, 0.5) is 0 Å². The second kappa shape index (κ2) is 14.1. The van der Waals surface area contributed by atoms with Gasteiger partial charge in [-0.15, -0.1) is 0 Å². The number of halogens is 2. The van der Waals surface area contributed by atoms with Gasteiger partial charge in [0.1, 0.15) is 0 Å². The quantitative estimate of drug-likeness (QED) is 0.118. The van der Waals surface area contributed by atoms with Crippen LogP contribution in [0.2, 0.25) is 13.1 Å². The second-order valence-electron chi connectivity index (χ2n) is 18.9. The van der Waals surface area contributed by atoms with E-state index in [-0.39, 0.29) is 7.25 Å². The van der Waals surface area contributed by atoms with Gasteiger partial charge in [-0.1, -0.05) is 0 Å². The fourth-order valence-corrected chi connectivity index (χ4v) is 42.7. The number of hydrogen-bond donors (Lipinski definition) is 0. The van der Waals surface area contributed by atoms with Crippen LogP contribution in [0.1, 0.15) is 130 Å². The zero-order valence-corrected chi connectivity index (χ0v) is 39.3. The van der Waals surface area contributed by atoms with Gasteiger partial charge in [-0.3, -0.25) is 0 Å². The molecule has 4 heteroatoms. The summed E-state index contributed by atoms with van der Waals surface area (Å²) in [6.07, 6.45) is 17.9. The molecule has 0 saturated heterocycles. The Morgan fingerprint density at radius 3 is 1.28 bits per heavy atom. The molecule has 2 atom stereocenters. The predicted molar refractivity (Wildman–Crippen MR) is 237 cm³/mol. The molecule has 2 unspecified atom stereocenters. The summed E-state index contributed by atoms with van der Waals surface area (Å²) in [6.45, 7) is 18.7. The molecule has 0 N–H and O–H groups in total. The van der Waals surface area contributed by atoms with Crippen LogP contribution < -0.4 is 0 Å². The van der Waals surface area contributed by atoms with E-state index in [4.69, 9.17) is 17.0 Å². The number of rotatable bonds is 13. The maximum absolute atomic E-state index is 9.09. The Hall–Kier alpha value is -1.96. The van der Waals surface area contributed by atoms with Gasteiger partial charge in [-0.25, -0.2) is 0 Å². The summed E-state index contributed by atoms with van der Waals surface area (Å²) in [5.74, 6) is -1.70. The molecule has 0 nitrogen and oxygen atoms in total. The van der Waals surface area contributed by atoms with Gasteiger partial charge < -0.3 is 0 Å². The third kappa shape index (κ3) is 6.70. The molecule has 283 valence electrons. The van der Waals surface area contributed by atoms with Crippen molar-refractivity contribution in [1.82, 2.24) is 0 Å². The first kappa shape index (κ1) is 38.9. The Labute approximate surface area is 335 Å². The summed E-state index contributed by atoms with van der Waals surface area (Å²) in [5, 5.41) is 0. The van der Waals surface area contributed by atoms with Gasteiger partial charge in [0.05, 0.1) is 0 Å². The SMILES string of the molecule is CCCC1(CC2=Cc3c(-c4cc(C)cc(C)c4)cccc3[CH]2[Zr]([Cl])([Cl])([CH]2C(CC3(CCC)CC3)=Cc3c(-c4cc(C)cc(C)c4)cccc32)[SiH](C)C)CC1. The zero-order valence-electron chi connectivity index (χ0n) is 34.1. The van der Waals surface area contributed by atoms with Crippen molar-refractivity contribution in [3.05, 3.63) is 128 Å². The van der Waals surface area contributed by atoms with E-state index >= 15 is 0 Å². The minimum atomic E-state index is -5.00. The molecular formula is C50H61Cl2SiZr. The Morgan fingerprint density at radius 2 is 0.963 bits per heavy atom. The van der Waals surface area contributed by atoms with E-state index in [9.17, 15) is 0 Å². The molecule has 0 radical (unpaired) electrons. The van der Waals surface area contributed by atoms with Gasteiger partial charge in [0, 0.05) is 0 Å².